The molecule has 4 heteroatoms. The first-order valence-electron chi connectivity index (χ1n) is 12.7. The first-order chi connectivity index (χ1) is 14.1. The van der Waals surface area contributed by atoms with Crippen molar-refractivity contribution in [1.82, 2.24) is 0 Å². The van der Waals surface area contributed by atoms with Gasteiger partial charge in [0.25, 0.3) is 0 Å². The molecule has 0 aromatic rings. The molecule has 0 heterocycles. The van der Waals surface area contributed by atoms with E-state index in [1.165, 1.54) is 25.7 Å². The van der Waals surface area contributed by atoms with E-state index in [1.54, 1.807) is 0 Å². The summed E-state index contributed by atoms with van der Waals surface area (Å²) >= 11 is 0. The molecule has 0 bridgehead atoms. The normalized spacial score (nSPS) is 51.5. The zero-order chi connectivity index (χ0) is 21.8. The second-order valence-corrected chi connectivity index (χ2v) is 12.0. The highest BCUT2D eigenvalue weighted by Crippen LogP contribution is 2.69. The summed E-state index contributed by atoms with van der Waals surface area (Å²) in [5, 5.41) is 31.3. The number of carboxylic acid groups (broad SMARTS) is 1. The highest BCUT2D eigenvalue weighted by atomic mass is 16.4. The van der Waals surface area contributed by atoms with Crippen LogP contribution >= 0.6 is 0 Å². The van der Waals surface area contributed by atoms with Gasteiger partial charge in [0, 0.05) is 6.42 Å². The van der Waals surface area contributed by atoms with Gasteiger partial charge >= 0.3 is 5.97 Å². The predicted molar refractivity (Wildman–Crippen MR) is 118 cm³/mol. The molecule has 4 saturated carbocycles. The van der Waals surface area contributed by atoms with E-state index in [0.29, 0.717) is 41.4 Å². The molecule has 172 valence electrons. The summed E-state index contributed by atoms with van der Waals surface area (Å²) in [4.78, 5) is 11.1. The molecule has 3 N–H and O–H groups in total. The Morgan fingerprint density at radius 1 is 1.00 bits per heavy atom. The van der Waals surface area contributed by atoms with E-state index in [4.69, 9.17) is 5.11 Å². The second-order valence-electron chi connectivity index (χ2n) is 12.0. The molecule has 0 aromatic heterocycles. The molecule has 4 nitrogen and oxygen atoms in total. The van der Waals surface area contributed by atoms with Crippen LogP contribution in [0.2, 0.25) is 0 Å². The SMILES string of the molecule is CC[C@H]1[C@@H](O)[C@H]2C3CC[C@H]([C@H](C)CCC(=O)O)[C@@]3(C)CC[C@@H]2[C@@]2(C)CC[C@@H](O)C[C@@H]12. The van der Waals surface area contributed by atoms with Gasteiger partial charge in [-0.15, -0.1) is 0 Å². The molecule has 1 unspecified atom stereocenters. The van der Waals surface area contributed by atoms with Gasteiger partial charge in [-0.05, 0) is 104 Å². The number of carboxylic acids is 1. The Hall–Kier alpha value is -0.610. The fourth-order valence-electron chi connectivity index (χ4n) is 9.48. The first-order valence-corrected chi connectivity index (χ1v) is 12.7. The summed E-state index contributed by atoms with van der Waals surface area (Å²) in [6.07, 6.45) is 9.27. The average molecular weight is 421 g/mol. The molecular formula is C26H44O4. The Morgan fingerprint density at radius 2 is 1.67 bits per heavy atom. The summed E-state index contributed by atoms with van der Waals surface area (Å²) in [7, 11) is 0. The van der Waals surface area contributed by atoms with Crippen LogP contribution in [0.15, 0.2) is 0 Å². The quantitative estimate of drug-likeness (QED) is 0.577. The minimum Gasteiger partial charge on any atom is -0.481 e. The Labute approximate surface area is 182 Å². The predicted octanol–water partition coefficient (Wildman–Crippen LogP) is 5.11. The van der Waals surface area contributed by atoms with Crippen molar-refractivity contribution in [2.75, 3.05) is 0 Å². The van der Waals surface area contributed by atoms with E-state index < -0.39 is 5.97 Å². The molecule has 0 aromatic carbocycles. The number of aliphatic hydroxyl groups is 2. The van der Waals surface area contributed by atoms with Gasteiger partial charge in [0.2, 0.25) is 0 Å². The molecule has 11 atom stereocenters. The summed E-state index contributed by atoms with van der Waals surface area (Å²) < 4.78 is 0. The van der Waals surface area contributed by atoms with Crippen LogP contribution in [0.4, 0.5) is 0 Å². The van der Waals surface area contributed by atoms with E-state index in [9.17, 15) is 15.0 Å². The maximum atomic E-state index is 11.7. The van der Waals surface area contributed by atoms with Crippen molar-refractivity contribution in [2.45, 2.75) is 104 Å². The van der Waals surface area contributed by atoms with E-state index >= 15 is 0 Å². The van der Waals surface area contributed by atoms with Crippen LogP contribution in [-0.4, -0.2) is 33.5 Å². The van der Waals surface area contributed by atoms with Crippen molar-refractivity contribution in [3.63, 3.8) is 0 Å². The van der Waals surface area contributed by atoms with Crippen molar-refractivity contribution in [1.29, 1.82) is 0 Å². The number of fused-ring (bicyclic) bond motifs is 5. The molecular weight excluding hydrogens is 376 g/mol. The lowest BCUT2D eigenvalue weighted by atomic mass is 9.41. The maximum absolute atomic E-state index is 11.7. The standard InChI is InChI=1S/C26H44O4/c1-5-17-21-14-16(27)10-12-26(21,4)20-11-13-25(3)18(15(2)6-9-22(28)29)7-8-19(25)23(20)24(17)30/h15-21,23-24,27,30H,5-14H2,1-4H3,(H,28,29)/t15-,16-,17-,18-,19?,20+,21+,23+,24-,25-,26-/m1/s1. The zero-order valence-electron chi connectivity index (χ0n) is 19.5. The minimum absolute atomic E-state index is 0.194. The van der Waals surface area contributed by atoms with E-state index in [0.717, 1.165) is 32.1 Å². The smallest absolute Gasteiger partial charge is 0.303 e. The van der Waals surface area contributed by atoms with Gasteiger partial charge in [0.1, 0.15) is 0 Å². The number of carbonyl (C=O) groups is 1. The minimum atomic E-state index is -0.683. The van der Waals surface area contributed by atoms with Crippen molar-refractivity contribution in [3.8, 4) is 0 Å². The third kappa shape index (κ3) is 3.36. The zero-order valence-corrected chi connectivity index (χ0v) is 19.5. The van der Waals surface area contributed by atoms with Gasteiger partial charge in [-0.3, -0.25) is 4.79 Å². The van der Waals surface area contributed by atoms with E-state index in [1.807, 2.05) is 0 Å². The molecule has 0 saturated heterocycles. The van der Waals surface area contributed by atoms with Crippen molar-refractivity contribution in [3.05, 3.63) is 0 Å². The maximum Gasteiger partial charge on any atom is 0.303 e. The van der Waals surface area contributed by atoms with Gasteiger partial charge in [0.15, 0.2) is 0 Å². The van der Waals surface area contributed by atoms with Crippen LogP contribution in [0.25, 0.3) is 0 Å². The summed E-state index contributed by atoms with van der Waals surface area (Å²) in [6, 6.07) is 0. The molecule has 0 spiro atoms. The van der Waals surface area contributed by atoms with Gasteiger partial charge in [-0.25, -0.2) is 0 Å². The molecule has 4 fully saturated rings. The monoisotopic (exact) mass is 420 g/mol. The number of rotatable bonds is 5. The fourth-order valence-corrected chi connectivity index (χ4v) is 9.48. The molecule has 4 rings (SSSR count). The van der Waals surface area contributed by atoms with Gasteiger partial charge in [-0.1, -0.05) is 34.1 Å². The topological polar surface area (TPSA) is 77.8 Å². The van der Waals surface area contributed by atoms with Crippen LogP contribution < -0.4 is 0 Å². The number of hydrogen-bond acceptors (Lipinski definition) is 3. The Balaban J connectivity index is 1.61. The molecule has 0 amide bonds. The van der Waals surface area contributed by atoms with Gasteiger partial charge in [-0.2, -0.15) is 0 Å². The van der Waals surface area contributed by atoms with E-state index in [2.05, 4.69) is 27.7 Å². The Bertz CT molecular complexity index is 649. The second kappa shape index (κ2) is 8.06. The van der Waals surface area contributed by atoms with Crippen molar-refractivity contribution < 1.29 is 20.1 Å². The van der Waals surface area contributed by atoms with Crippen LogP contribution in [0.3, 0.4) is 0 Å². The molecule has 0 radical (unpaired) electrons. The lowest BCUT2D eigenvalue weighted by Gasteiger charge is -2.64. The molecule has 30 heavy (non-hydrogen) atoms. The Kier molecular flexibility index (Phi) is 6.07. The number of hydrogen-bond donors (Lipinski definition) is 3. The number of aliphatic hydroxyl groups excluding tert-OH is 2. The average Bonchev–Trinajstić information content (AvgIpc) is 3.05. The van der Waals surface area contributed by atoms with Crippen LogP contribution in [0.5, 0.6) is 0 Å². The molecule has 0 aliphatic heterocycles. The highest BCUT2D eigenvalue weighted by Gasteiger charge is 2.64. The third-order valence-electron chi connectivity index (χ3n) is 11.0. The van der Waals surface area contributed by atoms with Gasteiger partial charge < -0.3 is 15.3 Å². The third-order valence-corrected chi connectivity index (χ3v) is 11.0. The summed E-state index contributed by atoms with van der Waals surface area (Å²) in [5.41, 5.74) is 0.480. The van der Waals surface area contributed by atoms with Crippen molar-refractivity contribution >= 4 is 5.97 Å². The summed E-state index contributed by atoms with van der Waals surface area (Å²) in [6.45, 7) is 9.44. The highest BCUT2D eigenvalue weighted by molar-refractivity contribution is 5.66. The first kappa shape index (κ1) is 22.6. The van der Waals surface area contributed by atoms with Crippen LogP contribution in [0, 0.1) is 52.3 Å². The van der Waals surface area contributed by atoms with Crippen molar-refractivity contribution in [2.24, 2.45) is 52.3 Å². The lowest BCUT2D eigenvalue weighted by molar-refractivity contribution is -0.203. The van der Waals surface area contributed by atoms with Crippen LogP contribution in [-0.2, 0) is 4.79 Å². The lowest BCUT2D eigenvalue weighted by Crippen LogP contribution is -2.62. The molecule has 4 aliphatic rings. The van der Waals surface area contributed by atoms with E-state index in [-0.39, 0.29) is 29.5 Å². The Morgan fingerprint density at radius 3 is 2.33 bits per heavy atom. The van der Waals surface area contributed by atoms with Crippen LogP contribution in [0.1, 0.15) is 91.9 Å². The fraction of sp³-hybridized carbons (Fsp3) is 0.962. The molecule has 4 aliphatic carbocycles. The van der Waals surface area contributed by atoms with Gasteiger partial charge in [0.05, 0.1) is 12.2 Å². The number of aliphatic carboxylic acids is 1. The largest absolute Gasteiger partial charge is 0.481 e. The summed E-state index contributed by atoms with van der Waals surface area (Å²) in [5.74, 6) is 2.58.